The van der Waals surface area contributed by atoms with Crippen LogP contribution in [-0.2, 0) is 0 Å². The van der Waals surface area contributed by atoms with Crippen LogP contribution in [0.3, 0.4) is 0 Å². The molecule has 22 heavy (non-hydrogen) atoms. The van der Waals surface area contributed by atoms with Crippen LogP contribution in [0.1, 0.15) is 21.0 Å². The van der Waals surface area contributed by atoms with Crippen molar-refractivity contribution < 1.29 is 9.59 Å². The van der Waals surface area contributed by atoms with Gasteiger partial charge in [-0.15, -0.1) is 0 Å². The average molecular weight is 290 g/mol. The number of ketones is 2. The zero-order valence-electron chi connectivity index (χ0n) is 11.4. The Labute approximate surface area is 124 Å². The molecule has 2 aromatic heterocycles. The van der Waals surface area contributed by atoms with Gasteiger partial charge in [-0.05, 0) is 12.1 Å². The summed E-state index contributed by atoms with van der Waals surface area (Å²) < 4.78 is 0. The van der Waals surface area contributed by atoms with Crippen LogP contribution in [0.15, 0.2) is 47.8 Å². The summed E-state index contributed by atoms with van der Waals surface area (Å²) in [6.45, 7) is 0. The van der Waals surface area contributed by atoms with E-state index in [0.29, 0.717) is 16.8 Å². The highest BCUT2D eigenvalue weighted by Gasteiger charge is 2.33. The third kappa shape index (κ3) is 1.77. The van der Waals surface area contributed by atoms with Gasteiger partial charge >= 0.3 is 0 Å². The normalized spacial score (nSPS) is 16.7. The van der Waals surface area contributed by atoms with Gasteiger partial charge in [-0.2, -0.15) is 0 Å². The number of benzene rings is 1. The van der Waals surface area contributed by atoms with Crippen LogP contribution in [0.25, 0.3) is 10.9 Å². The number of carbonyl (C=O) groups excluding carboxylic acids is 2. The maximum atomic E-state index is 12.6. The zero-order chi connectivity index (χ0) is 15.1. The van der Waals surface area contributed by atoms with E-state index in [4.69, 9.17) is 0 Å². The predicted octanol–water partition coefficient (Wildman–Crippen LogP) is 2.36. The number of hydrogen-bond donors (Lipinski definition) is 1. The number of nitrogens with zero attached hydrogens (tertiary/aromatic N) is 3. The summed E-state index contributed by atoms with van der Waals surface area (Å²) in [6, 6.07) is 7.24. The molecule has 1 N–H and O–H groups in total. The van der Waals surface area contributed by atoms with E-state index in [2.05, 4.69) is 19.9 Å². The van der Waals surface area contributed by atoms with Crippen LogP contribution in [0.2, 0.25) is 0 Å². The molecule has 6 heteroatoms. The van der Waals surface area contributed by atoms with Crippen molar-refractivity contribution in [1.29, 1.82) is 0 Å². The first kappa shape index (κ1) is 12.6. The molecule has 1 aliphatic rings. The van der Waals surface area contributed by atoms with Gasteiger partial charge in [0.25, 0.3) is 0 Å². The molecule has 6 nitrogen and oxygen atoms in total. The topological polar surface area (TPSA) is 88.1 Å². The summed E-state index contributed by atoms with van der Waals surface area (Å²) in [6.07, 6.45) is 6.05. The molecule has 3 aromatic rings. The van der Waals surface area contributed by atoms with E-state index in [0.717, 1.165) is 5.39 Å². The molecule has 0 aliphatic carbocycles. The summed E-state index contributed by atoms with van der Waals surface area (Å²) >= 11 is 0. The SMILES string of the molecule is O=C(c1ncc[nH]1)C1C=Nc2c(ccc3cccnc23)C1=O. The lowest BCUT2D eigenvalue weighted by molar-refractivity contribution is 0.0849. The van der Waals surface area contributed by atoms with Crippen LogP contribution < -0.4 is 0 Å². The van der Waals surface area contributed by atoms with Gasteiger partial charge in [-0.3, -0.25) is 19.6 Å². The molecule has 4 rings (SSSR count). The number of carbonyl (C=O) groups is 2. The summed E-state index contributed by atoms with van der Waals surface area (Å²) in [4.78, 5) is 40.2. The van der Waals surface area contributed by atoms with Crippen molar-refractivity contribution in [3.05, 3.63) is 54.2 Å². The maximum absolute atomic E-state index is 12.6. The van der Waals surface area contributed by atoms with Gasteiger partial charge in [0.05, 0.1) is 11.2 Å². The van der Waals surface area contributed by atoms with Crippen molar-refractivity contribution in [3.8, 4) is 0 Å². The first-order valence-electron chi connectivity index (χ1n) is 6.75. The molecule has 0 saturated heterocycles. The highest BCUT2D eigenvalue weighted by molar-refractivity contribution is 6.28. The number of imidazole rings is 1. The summed E-state index contributed by atoms with van der Waals surface area (Å²) in [5.74, 6) is -1.45. The Hall–Kier alpha value is -3.15. The number of aromatic nitrogens is 3. The molecule has 1 aromatic carbocycles. The number of H-pyrrole nitrogens is 1. The van der Waals surface area contributed by atoms with Crippen molar-refractivity contribution in [2.45, 2.75) is 0 Å². The van der Waals surface area contributed by atoms with Crippen LogP contribution in [0.5, 0.6) is 0 Å². The molecule has 106 valence electrons. The Morgan fingerprint density at radius 1 is 1.14 bits per heavy atom. The second-order valence-electron chi connectivity index (χ2n) is 4.96. The average Bonchev–Trinajstić information content (AvgIpc) is 3.09. The number of fused-ring (bicyclic) bond motifs is 3. The van der Waals surface area contributed by atoms with Crippen molar-refractivity contribution in [3.63, 3.8) is 0 Å². The zero-order valence-corrected chi connectivity index (χ0v) is 11.4. The number of pyridine rings is 1. The minimum Gasteiger partial charge on any atom is -0.342 e. The van der Waals surface area contributed by atoms with Crippen LogP contribution in [-0.4, -0.2) is 32.7 Å². The summed E-state index contributed by atoms with van der Waals surface area (Å²) in [5.41, 5.74) is 1.60. The van der Waals surface area contributed by atoms with Crippen LogP contribution in [0, 0.1) is 5.92 Å². The highest BCUT2D eigenvalue weighted by atomic mass is 16.2. The number of nitrogens with one attached hydrogen (secondary N) is 1. The fourth-order valence-electron chi connectivity index (χ4n) is 2.58. The van der Waals surface area contributed by atoms with Gasteiger partial charge in [0.2, 0.25) is 5.78 Å². The number of aliphatic imine (C=N–C) groups is 1. The van der Waals surface area contributed by atoms with E-state index < -0.39 is 5.92 Å². The fourth-order valence-corrected chi connectivity index (χ4v) is 2.58. The first-order chi connectivity index (χ1) is 10.8. The molecular weight excluding hydrogens is 280 g/mol. The van der Waals surface area contributed by atoms with E-state index >= 15 is 0 Å². The van der Waals surface area contributed by atoms with Crippen molar-refractivity contribution in [2.24, 2.45) is 10.9 Å². The quantitative estimate of drug-likeness (QED) is 0.579. The Morgan fingerprint density at radius 2 is 2.05 bits per heavy atom. The molecular formula is C16H10N4O2. The Morgan fingerprint density at radius 3 is 2.86 bits per heavy atom. The van der Waals surface area contributed by atoms with E-state index in [1.54, 1.807) is 18.5 Å². The minimum absolute atomic E-state index is 0.159. The molecule has 3 heterocycles. The molecule has 1 unspecified atom stereocenters. The second-order valence-corrected chi connectivity index (χ2v) is 4.96. The van der Waals surface area contributed by atoms with Crippen molar-refractivity contribution >= 4 is 34.4 Å². The molecule has 0 saturated carbocycles. The van der Waals surface area contributed by atoms with E-state index in [1.807, 2.05) is 18.2 Å². The smallest absolute Gasteiger partial charge is 0.214 e. The number of hydrogen-bond acceptors (Lipinski definition) is 5. The second kappa shape index (κ2) is 4.70. The monoisotopic (exact) mass is 290 g/mol. The van der Waals surface area contributed by atoms with Gasteiger partial charge in [-0.1, -0.05) is 12.1 Å². The van der Waals surface area contributed by atoms with E-state index in [-0.39, 0.29) is 17.4 Å². The van der Waals surface area contributed by atoms with Crippen molar-refractivity contribution in [1.82, 2.24) is 15.0 Å². The van der Waals surface area contributed by atoms with E-state index in [1.165, 1.54) is 12.4 Å². The van der Waals surface area contributed by atoms with Crippen molar-refractivity contribution in [2.75, 3.05) is 0 Å². The Balaban J connectivity index is 1.82. The lowest BCUT2D eigenvalue weighted by Gasteiger charge is -2.16. The van der Waals surface area contributed by atoms with E-state index in [9.17, 15) is 9.59 Å². The van der Waals surface area contributed by atoms with Gasteiger partial charge in [0.15, 0.2) is 11.6 Å². The first-order valence-corrected chi connectivity index (χ1v) is 6.75. The lowest BCUT2D eigenvalue weighted by atomic mass is 9.90. The van der Waals surface area contributed by atoms with Gasteiger partial charge in [0, 0.05) is 35.8 Å². The van der Waals surface area contributed by atoms with Gasteiger partial charge in [-0.25, -0.2) is 4.98 Å². The molecule has 0 bridgehead atoms. The predicted molar refractivity (Wildman–Crippen MR) is 80.6 cm³/mol. The fraction of sp³-hybridized carbons (Fsp3) is 0.0625. The Bertz CT molecular complexity index is 928. The molecule has 1 atom stereocenters. The molecule has 0 fully saturated rings. The molecule has 0 radical (unpaired) electrons. The Kier molecular flexibility index (Phi) is 2.69. The van der Waals surface area contributed by atoms with Crippen LogP contribution >= 0.6 is 0 Å². The number of aromatic amines is 1. The van der Waals surface area contributed by atoms with Gasteiger partial charge in [0.1, 0.15) is 5.92 Å². The molecule has 0 amide bonds. The number of Topliss-reactive ketones (excluding diaryl/α,β-unsaturated/α-hetero) is 2. The molecule has 0 spiro atoms. The lowest BCUT2D eigenvalue weighted by Crippen LogP contribution is -2.28. The number of rotatable bonds is 2. The third-order valence-electron chi connectivity index (χ3n) is 3.66. The summed E-state index contributed by atoms with van der Waals surface area (Å²) in [7, 11) is 0. The van der Waals surface area contributed by atoms with Crippen LogP contribution in [0.4, 0.5) is 5.69 Å². The summed E-state index contributed by atoms with van der Waals surface area (Å²) in [5, 5.41) is 0.905. The molecule has 1 aliphatic heterocycles. The van der Waals surface area contributed by atoms with Gasteiger partial charge < -0.3 is 4.98 Å². The maximum Gasteiger partial charge on any atom is 0.214 e. The minimum atomic E-state index is -0.945. The highest BCUT2D eigenvalue weighted by Crippen LogP contribution is 2.33. The third-order valence-corrected chi connectivity index (χ3v) is 3.66. The standard InChI is InChI=1S/C16H10N4O2/c21-14-10-4-3-9-2-1-5-17-12(9)13(10)20-8-11(14)15(22)16-18-6-7-19-16/h1-8,11H,(H,18,19). The largest absolute Gasteiger partial charge is 0.342 e.